The van der Waals surface area contributed by atoms with Gasteiger partial charge in [0, 0.05) is 25.2 Å². The highest BCUT2D eigenvalue weighted by atomic mass is 16.4. The summed E-state index contributed by atoms with van der Waals surface area (Å²) in [6.45, 7) is 5.50. The minimum absolute atomic E-state index is 0.0121. The summed E-state index contributed by atoms with van der Waals surface area (Å²) in [7, 11) is 3.92. The lowest BCUT2D eigenvalue weighted by Gasteiger charge is -2.28. The molecule has 7 heteroatoms. The zero-order valence-corrected chi connectivity index (χ0v) is 16.5. The summed E-state index contributed by atoms with van der Waals surface area (Å²) in [6.07, 6.45) is 2.86. The first-order valence-corrected chi connectivity index (χ1v) is 9.72. The van der Waals surface area contributed by atoms with Crippen LogP contribution in [0.2, 0.25) is 0 Å². The van der Waals surface area contributed by atoms with Crippen molar-refractivity contribution < 1.29 is 9.21 Å². The van der Waals surface area contributed by atoms with Gasteiger partial charge in [0.2, 0.25) is 5.91 Å². The average Bonchev–Trinajstić information content (AvgIpc) is 2.95. The molecule has 1 saturated heterocycles. The lowest BCUT2D eigenvalue weighted by molar-refractivity contribution is -0.117. The molecular weight excluding hydrogens is 344 g/mol. The van der Waals surface area contributed by atoms with Crippen LogP contribution in [0, 0.1) is 11.8 Å². The highest BCUT2D eigenvalue weighted by Gasteiger charge is 2.22. The molecule has 2 N–H and O–H groups in total. The summed E-state index contributed by atoms with van der Waals surface area (Å²) in [6, 6.07) is 5.35. The van der Waals surface area contributed by atoms with Crippen molar-refractivity contribution in [3.8, 4) is 0 Å². The van der Waals surface area contributed by atoms with E-state index in [1.807, 2.05) is 25.1 Å². The Balaban J connectivity index is 1.68. The van der Waals surface area contributed by atoms with E-state index in [1.165, 1.54) is 12.8 Å². The van der Waals surface area contributed by atoms with Crippen LogP contribution < -0.4 is 16.4 Å². The van der Waals surface area contributed by atoms with Crippen LogP contribution in [-0.4, -0.2) is 49.1 Å². The molecule has 0 bridgehead atoms. The van der Waals surface area contributed by atoms with E-state index in [9.17, 15) is 9.59 Å². The van der Waals surface area contributed by atoms with Gasteiger partial charge in [-0.1, -0.05) is 6.92 Å². The number of carbonyl (C=O) groups is 1. The molecule has 2 unspecified atom stereocenters. The van der Waals surface area contributed by atoms with Gasteiger partial charge in [0.25, 0.3) is 0 Å². The Morgan fingerprint density at radius 1 is 1.44 bits per heavy atom. The summed E-state index contributed by atoms with van der Waals surface area (Å²) in [4.78, 5) is 26.6. The fourth-order valence-corrected chi connectivity index (χ4v) is 3.69. The van der Waals surface area contributed by atoms with Gasteiger partial charge in [-0.2, -0.15) is 0 Å². The van der Waals surface area contributed by atoms with E-state index < -0.39 is 0 Å². The number of rotatable bonds is 7. The van der Waals surface area contributed by atoms with Crippen LogP contribution in [0.4, 0.5) is 5.69 Å². The Morgan fingerprint density at radius 2 is 2.26 bits per heavy atom. The lowest BCUT2D eigenvalue weighted by atomic mass is 9.85. The summed E-state index contributed by atoms with van der Waals surface area (Å²) in [5.41, 5.74) is 1.95. The van der Waals surface area contributed by atoms with E-state index >= 15 is 0 Å². The third-order valence-corrected chi connectivity index (χ3v) is 5.37. The minimum Gasteiger partial charge on any atom is -0.408 e. The quantitative estimate of drug-likeness (QED) is 0.776. The summed E-state index contributed by atoms with van der Waals surface area (Å²) in [5.74, 6) is 0.539. The van der Waals surface area contributed by atoms with Crippen molar-refractivity contribution in [2.24, 2.45) is 11.8 Å². The second-order valence-electron chi connectivity index (χ2n) is 7.84. The first kappa shape index (κ1) is 19.6. The largest absolute Gasteiger partial charge is 0.419 e. The van der Waals surface area contributed by atoms with E-state index in [-0.39, 0.29) is 11.7 Å². The first-order chi connectivity index (χ1) is 12.9. The number of piperidine rings is 1. The Bertz CT molecular complexity index is 833. The summed E-state index contributed by atoms with van der Waals surface area (Å²) >= 11 is 0. The van der Waals surface area contributed by atoms with Crippen LogP contribution in [-0.2, 0) is 11.3 Å². The molecule has 1 aromatic heterocycles. The zero-order chi connectivity index (χ0) is 19.4. The molecule has 1 aromatic carbocycles. The van der Waals surface area contributed by atoms with E-state index in [0.717, 1.165) is 19.6 Å². The molecule has 0 aliphatic carbocycles. The number of nitrogens with zero attached hydrogens (tertiary/aromatic N) is 2. The molecule has 148 valence electrons. The topological polar surface area (TPSA) is 79.5 Å². The Labute approximate surface area is 159 Å². The number of aromatic nitrogens is 1. The third kappa shape index (κ3) is 4.99. The second kappa shape index (κ2) is 8.71. The van der Waals surface area contributed by atoms with Crippen molar-refractivity contribution in [2.75, 3.05) is 39.0 Å². The fourth-order valence-electron chi connectivity index (χ4n) is 3.69. The van der Waals surface area contributed by atoms with Crippen LogP contribution in [0.25, 0.3) is 11.1 Å². The molecule has 1 aliphatic heterocycles. The van der Waals surface area contributed by atoms with E-state index in [4.69, 9.17) is 4.42 Å². The molecule has 1 amide bonds. The molecule has 1 fully saturated rings. The summed E-state index contributed by atoms with van der Waals surface area (Å²) < 4.78 is 6.92. The fraction of sp³-hybridized carbons (Fsp3) is 0.600. The van der Waals surface area contributed by atoms with Crippen LogP contribution >= 0.6 is 0 Å². The van der Waals surface area contributed by atoms with Gasteiger partial charge < -0.3 is 20.0 Å². The van der Waals surface area contributed by atoms with Crippen LogP contribution in [0.1, 0.15) is 26.2 Å². The monoisotopic (exact) mass is 374 g/mol. The number of oxazole rings is 1. The van der Waals surface area contributed by atoms with Gasteiger partial charge in [0.05, 0.1) is 5.52 Å². The predicted octanol–water partition coefficient (Wildman–Crippen LogP) is 2.12. The van der Waals surface area contributed by atoms with Crippen molar-refractivity contribution in [1.82, 2.24) is 14.8 Å². The van der Waals surface area contributed by atoms with E-state index in [2.05, 4.69) is 17.6 Å². The van der Waals surface area contributed by atoms with Crippen LogP contribution in [0.3, 0.4) is 0 Å². The van der Waals surface area contributed by atoms with Crippen molar-refractivity contribution in [1.29, 1.82) is 0 Å². The molecule has 2 aromatic rings. The zero-order valence-electron chi connectivity index (χ0n) is 16.5. The van der Waals surface area contributed by atoms with Crippen molar-refractivity contribution >= 4 is 22.7 Å². The predicted molar refractivity (Wildman–Crippen MR) is 107 cm³/mol. The number of likely N-dealkylation sites (N-methyl/N-ethyl adjacent to an activating group) is 1. The second-order valence-corrected chi connectivity index (χ2v) is 7.84. The van der Waals surface area contributed by atoms with Gasteiger partial charge in [-0.25, -0.2) is 4.79 Å². The Morgan fingerprint density at radius 3 is 2.96 bits per heavy atom. The Hall–Kier alpha value is -2.12. The average molecular weight is 374 g/mol. The maximum atomic E-state index is 12.5. The van der Waals surface area contributed by atoms with Crippen molar-refractivity contribution in [2.45, 2.75) is 32.7 Å². The first-order valence-electron chi connectivity index (χ1n) is 9.72. The van der Waals surface area contributed by atoms with Gasteiger partial charge in [-0.15, -0.1) is 0 Å². The van der Waals surface area contributed by atoms with E-state index in [0.29, 0.717) is 41.6 Å². The molecule has 0 radical (unpaired) electrons. The smallest absolute Gasteiger partial charge is 0.408 e. The number of carbonyl (C=O) groups excluding carboxylic acids is 1. The molecule has 2 heterocycles. The molecule has 7 nitrogen and oxygen atoms in total. The molecule has 0 saturated carbocycles. The minimum atomic E-state index is -0.367. The van der Waals surface area contributed by atoms with Gasteiger partial charge >= 0.3 is 5.76 Å². The number of hydrogen-bond donors (Lipinski definition) is 2. The molecule has 3 rings (SSSR count). The highest BCUT2D eigenvalue weighted by molar-refractivity contribution is 5.92. The van der Waals surface area contributed by atoms with Gasteiger partial charge in [0.1, 0.15) is 0 Å². The number of anilines is 1. The van der Waals surface area contributed by atoms with Gasteiger partial charge in [-0.3, -0.25) is 9.36 Å². The lowest BCUT2D eigenvalue weighted by Crippen LogP contribution is -2.34. The summed E-state index contributed by atoms with van der Waals surface area (Å²) in [5, 5.41) is 6.39. The SMILES string of the molecule is CC(CC(=O)Nc1ccc2oc(=O)n(CCN(C)C)c2c1)C1CCCNC1. The van der Waals surface area contributed by atoms with Crippen LogP contribution in [0.15, 0.2) is 27.4 Å². The molecule has 27 heavy (non-hydrogen) atoms. The van der Waals surface area contributed by atoms with Crippen molar-refractivity contribution in [3.63, 3.8) is 0 Å². The molecule has 2 atom stereocenters. The maximum absolute atomic E-state index is 12.5. The number of fused-ring (bicyclic) bond motifs is 1. The number of benzene rings is 1. The number of hydrogen-bond acceptors (Lipinski definition) is 5. The van der Waals surface area contributed by atoms with Gasteiger partial charge in [0.15, 0.2) is 5.58 Å². The standard InChI is InChI=1S/C20H30N4O3/c1-14(15-5-4-8-21-13-15)11-19(25)22-16-6-7-18-17(12-16)24(20(26)27-18)10-9-23(2)3/h6-7,12,14-15,21H,4-5,8-11,13H2,1-3H3,(H,22,25). The molecular formula is C20H30N4O3. The number of amides is 1. The van der Waals surface area contributed by atoms with Gasteiger partial charge in [-0.05, 0) is 70.1 Å². The highest BCUT2D eigenvalue weighted by Crippen LogP contribution is 2.24. The normalized spacial score (nSPS) is 18.7. The van der Waals surface area contributed by atoms with Crippen molar-refractivity contribution in [3.05, 3.63) is 28.7 Å². The maximum Gasteiger partial charge on any atom is 0.419 e. The number of nitrogens with one attached hydrogen (secondary N) is 2. The molecule has 0 spiro atoms. The molecule has 1 aliphatic rings. The van der Waals surface area contributed by atoms with Crippen LogP contribution in [0.5, 0.6) is 0 Å². The Kier molecular flexibility index (Phi) is 6.34. The third-order valence-electron chi connectivity index (χ3n) is 5.37. The van der Waals surface area contributed by atoms with E-state index in [1.54, 1.807) is 16.7 Å².